The summed E-state index contributed by atoms with van der Waals surface area (Å²) in [6.45, 7) is 1.93. The minimum atomic E-state index is -0.657. The van der Waals surface area contributed by atoms with E-state index in [-0.39, 0.29) is 17.1 Å². The van der Waals surface area contributed by atoms with Crippen LogP contribution in [0.2, 0.25) is 0 Å². The summed E-state index contributed by atoms with van der Waals surface area (Å²) in [6, 6.07) is 9.32. The molecule has 0 aliphatic rings. The molecule has 0 bridgehead atoms. The summed E-state index contributed by atoms with van der Waals surface area (Å²) in [4.78, 5) is 24.2. The predicted molar refractivity (Wildman–Crippen MR) is 96.2 cm³/mol. The van der Waals surface area contributed by atoms with Crippen molar-refractivity contribution in [3.05, 3.63) is 65.9 Å². The van der Waals surface area contributed by atoms with Crippen LogP contribution in [0.4, 0.5) is 27.5 Å². The number of hydrogen-bond acceptors (Lipinski definition) is 7. The highest BCUT2D eigenvalue weighted by Gasteiger charge is 2.13. The molecule has 0 radical (unpaired) electrons. The molecule has 8 nitrogen and oxygen atoms in total. The molecule has 2 heterocycles. The van der Waals surface area contributed by atoms with Gasteiger partial charge >= 0.3 is 0 Å². The van der Waals surface area contributed by atoms with Gasteiger partial charge in [-0.3, -0.25) is 15.6 Å². The lowest BCUT2D eigenvalue weighted by Gasteiger charge is -2.13. The Morgan fingerprint density at radius 3 is 2.65 bits per heavy atom. The molecule has 3 rings (SSSR count). The van der Waals surface area contributed by atoms with E-state index in [1.807, 2.05) is 19.1 Å². The van der Waals surface area contributed by atoms with Gasteiger partial charge in [-0.2, -0.15) is 0 Å². The number of nitrogens with zero attached hydrogens (tertiary/aromatic N) is 3. The highest BCUT2D eigenvalue weighted by atomic mass is 19.1. The molecular formula is C17H16FN7O. The van der Waals surface area contributed by atoms with Gasteiger partial charge in [0.2, 0.25) is 0 Å². The van der Waals surface area contributed by atoms with E-state index in [2.05, 4.69) is 31.1 Å². The van der Waals surface area contributed by atoms with Crippen LogP contribution >= 0.6 is 0 Å². The van der Waals surface area contributed by atoms with Crippen LogP contribution in [0.5, 0.6) is 0 Å². The first-order valence-electron chi connectivity index (χ1n) is 7.65. The molecule has 26 heavy (non-hydrogen) atoms. The lowest BCUT2D eigenvalue weighted by atomic mass is 10.2. The van der Waals surface area contributed by atoms with Crippen molar-refractivity contribution in [1.82, 2.24) is 20.4 Å². The second-order valence-electron chi connectivity index (χ2n) is 5.39. The maximum absolute atomic E-state index is 13.6. The quantitative estimate of drug-likeness (QED) is 0.520. The zero-order valence-corrected chi connectivity index (χ0v) is 13.8. The van der Waals surface area contributed by atoms with Crippen molar-refractivity contribution in [3.63, 3.8) is 0 Å². The van der Waals surface area contributed by atoms with Crippen LogP contribution in [0.25, 0.3) is 0 Å². The monoisotopic (exact) mass is 353 g/mol. The first-order chi connectivity index (χ1) is 12.5. The fraction of sp³-hybridized carbons (Fsp3) is 0.0588. The Morgan fingerprint density at radius 2 is 1.88 bits per heavy atom. The van der Waals surface area contributed by atoms with Crippen LogP contribution in [0.1, 0.15) is 15.9 Å². The Balaban J connectivity index is 1.73. The number of halogens is 1. The number of carbonyl (C=O) groups is 1. The molecule has 5 N–H and O–H groups in total. The molecule has 3 aromatic rings. The number of hydrazine groups is 1. The number of nitrogens with one attached hydrogen (secondary N) is 3. The SMILES string of the molecule is Cc1ccnc(Nc2ncnc(NNC(=O)c3ccccc3F)c2N)c1. The number of aromatic nitrogens is 3. The fourth-order valence-corrected chi connectivity index (χ4v) is 2.15. The number of rotatable bonds is 5. The molecule has 0 spiro atoms. The molecule has 1 aromatic carbocycles. The van der Waals surface area contributed by atoms with Gasteiger partial charge in [0.15, 0.2) is 11.6 Å². The molecule has 0 saturated heterocycles. The Bertz CT molecular complexity index is 948. The topological polar surface area (TPSA) is 118 Å². The normalized spacial score (nSPS) is 10.2. The van der Waals surface area contributed by atoms with Crippen molar-refractivity contribution in [2.45, 2.75) is 6.92 Å². The van der Waals surface area contributed by atoms with Gasteiger partial charge in [-0.15, -0.1) is 0 Å². The maximum atomic E-state index is 13.6. The van der Waals surface area contributed by atoms with Crippen molar-refractivity contribution in [2.24, 2.45) is 0 Å². The molecular weight excluding hydrogens is 337 g/mol. The third kappa shape index (κ3) is 3.83. The molecule has 9 heteroatoms. The molecule has 0 unspecified atom stereocenters. The van der Waals surface area contributed by atoms with Gasteiger partial charge in [-0.05, 0) is 36.8 Å². The highest BCUT2D eigenvalue weighted by molar-refractivity contribution is 5.95. The van der Waals surface area contributed by atoms with Crippen LogP contribution in [0, 0.1) is 12.7 Å². The van der Waals surface area contributed by atoms with E-state index >= 15 is 0 Å². The van der Waals surface area contributed by atoms with E-state index in [4.69, 9.17) is 5.73 Å². The van der Waals surface area contributed by atoms with E-state index in [1.54, 1.807) is 12.3 Å². The van der Waals surface area contributed by atoms with Crippen molar-refractivity contribution >= 4 is 29.0 Å². The molecule has 1 amide bonds. The number of nitrogens with two attached hydrogens (primary N) is 1. The molecule has 2 aromatic heterocycles. The Labute approximate surface area is 148 Å². The average Bonchev–Trinajstić information content (AvgIpc) is 2.62. The van der Waals surface area contributed by atoms with Crippen molar-refractivity contribution in [3.8, 4) is 0 Å². The number of nitrogen functional groups attached to an aromatic ring is 1. The summed E-state index contributed by atoms with van der Waals surface area (Å²) in [5, 5.41) is 2.98. The standard InChI is InChI=1S/C17H16FN7O/c1-10-6-7-20-13(8-10)23-15-14(19)16(22-9-21-15)24-25-17(26)11-4-2-3-5-12(11)18/h2-9H,19H2,1H3,(H,25,26)(H2,20,21,22,23,24). The third-order valence-electron chi connectivity index (χ3n) is 3.46. The van der Waals surface area contributed by atoms with Crippen LogP contribution in [-0.2, 0) is 0 Å². The molecule has 0 saturated carbocycles. The zero-order chi connectivity index (χ0) is 18.5. The van der Waals surface area contributed by atoms with Gasteiger partial charge in [0.1, 0.15) is 23.6 Å². The summed E-state index contributed by atoms with van der Waals surface area (Å²) in [5.41, 5.74) is 12.0. The number of carbonyl (C=O) groups excluding carboxylic acids is 1. The summed E-state index contributed by atoms with van der Waals surface area (Å²) < 4.78 is 13.6. The lowest BCUT2D eigenvalue weighted by Crippen LogP contribution is -2.31. The van der Waals surface area contributed by atoms with E-state index in [0.29, 0.717) is 11.6 Å². The number of pyridine rings is 1. The summed E-state index contributed by atoms with van der Waals surface area (Å²) in [7, 11) is 0. The third-order valence-corrected chi connectivity index (χ3v) is 3.46. The van der Waals surface area contributed by atoms with Crippen LogP contribution < -0.4 is 21.9 Å². The first-order valence-corrected chi connectivity index (χ1v) is 7.65. The van der Waals surface area contributed by atoms with Crippen molar-refractivity contribution in [1.29, 1.82) is 0 Å². The average molecular weight is 353 g/mol. The van der Waals surface area contributed by atoms with Gasteiger partial charge in [-0.1, -0.05) is 12.1 Å². The molecule has 132 valence electrons. The number of benzene rings is 1. The predicted octanol–water partition coefficient (Wildman–Crippen LogP) is 2.40. The Morgan fingerprint density at radius 1 is 1.12 bits per heavy atom. The van der Waals surface area contributed by atoms with Gasteiger partial charge < -0.3 is 11.1 Å². The molecule has 0 aliphatic heterocycles. The van der Waals surface area contributed by atoms with Crippen molar-refractivity contribution in [2.75, 3.05) is 16.5 Å². The second kappa shape index (κ2) is 7.43. The number of aryl methyl sites for hydroxylation is 1. The summed E-state index contributed by atoms with van der Waals surface area (Å²) in [5.74, 6) is -0.233. The highest BCUT2D eigenvalue weighted by Crippen LogP contribution is 2.24. The molecule has 0 aliphatic carbocycles. The number of anilines is 4. The Hall–Kier alpha value is -3.75. The first kappa shape index (κ1) is 17.1. The summed E-state index contributed by atoms with van der Waals surface area (Å²) >= 11 is 0. The van der Waals surface area contributed by atoms with Crippen LogP contribution in [0.15, 0.2) is 48.9 Å². The lowest BCUT2D eigenvalue weighted by molar-refractivity contribution is 0.0958. The smallest absolute Gasteiger partial charge is 0.272 e. The minimum absolute atomic E-state index is 0.102. The van der Waals surface area contributed by atoms with Crippen molar-refractivity contribution < 1.29 is 9.18 Å². The largest absolute Gasteiger partial charge is 0.393 e. The Kier molecular flexibility index (Phi) is 4.88. The fourth-order valence-electron chi connectivity index (χ4n) is 2.15. The number of amides is 1. The van der Waals surface area contributed by atoms with Crippen LogP contribution in [0.3, 0.4) is 0 Å². The van der Waals surface area contributed by atoms with Gasteiger partial charge in [0.25, 0.3) is 5.91 Å². The second-order valence-corrected chi connectivity index (χ2v) is 5.39. The van der Waals surface area contributed by atoms with E-state index in [1.165, 1.54) is 24.5 Å². The number of hydrogen-bond donors (Lipinski definition) is 4. The van der Waals surface area contributed by atoms with Crippen LogP contribution in [-0.4, -0.2) is 20.9 Å². The minimum Gasteiger partial charge on any atom is -0.393 e. The van der Waals surface area contributed by atoms with E-state index in [9.17, 15) is 9.18 Å². The maximum Gasteiger partial charge on any atom is 0.272 e. The summed E-state index contributed by atoms with van der Waals surface area (Å²) in [6.07, 6.45) is 2.93. The van der Waals surface area contributed by atoms with Gasteiger partial charge in [0.05, 0.1) is 5.56 Å². The van der Waals surface area contributed by atoms with E-state index in [0.717, 1.165) is 5.56 Å². The van der Waals surface area contributed by atoms with E-state index < -0.39 is 11.7 Å². The zero-order valence-electron chi connectivity index (χ0n) is 13.8. The van der Waals surface area contributed by atoms with Gasteiger partial charge in [0, 0.05) is 6.20 Å². The molecule has 0 atom stereocenters. The van der Waals surface area contributed by atoms with Gasteiger partial charge in [-0.25, -0.2) is 19.3 Å². The molecule has 0 fully saturated rings.